The fourth-order valence-electron chi connectivity index (χ4n) is 2.67. The van der Waals surface area contributed by atoms with Crippen LogP contribution in [0, 0.1) is 0 Å². The zero-order valence-electron chi connectivity index (χ0n) is 11.9. The first-order valence-electron chi connectivity index (χ1n) is 6.86. The number of halogens is 1. The number of rotatable bonds is 3. The summed E-state index contributed by atoms with van der Waals surface area (Å²) in [5, 5.41) is 8.17. The topological polar surface area (TPSA) is 89.3 Å². The summed E-state index contributed by atoms with van der Waals surface area (Å²) in [6.07, 6.45) is 5.27. The van der Waals surface area contributed by atoms with Gasteiger partial charge in [-0.1, -0.05) is 19.3 Å². The zero-order valence-corrected chi connectivity index (χ0v) is 14.3. The number of amides is 1. The van der Waals surface area contributed by atoms with Crippen molar-refractivity contribution in [2.75, 3.05) is 0 Å². The summed E-state index contributed by atoms with van der Waals surface area (Å²) in [7, 11) is -3.86. The van der Waals surface area contributed by atoms with Crippen molar-refractivity contribution in [3.8, 4) is 0 Å². The molecule has 0 aliphatic heterocycles. The maximum Gasteiger partial charge on any atom is 0.251 e. The third kappa shape index (κ3) is 4.05. The summed E-state index contributed by atoms with van der Waals surface area (Å²) in [4.78, 5) is 12.3. The number of nitrogens with two attached hydrogens (primary N) is 1. The van der Waals surface area contributed by atoms with E-state index in [-0.39, 0.29) is 16.3 Å². The molecule has 1 aliphatic carbocycles. The number of hydrogen-bond acceptors (Lipinski definition) is 3. The highest BCUT2D eigenvalue weighted by Crippen LogP contribution is 2.28. The average molecular weight is 375 g/mol. The van der Waals surface area contributed by atoms with Crippen molar-refractivity contribution in [2.24, 2.45) is 5.14 Å². The SMILES string of the molecule is CC1(NC(=O)c2ccc(Br)c(S(N)(=O)=O)c2)CCCCC1. The quantitative estimate of drug-likeness (QED) is 0.851. The molecular weight excluding hydrogens is 356 g/mol. The molecule has 0 unspecified atom stereocenters. The Kier molecular flexibility index (Phi) is 4.75. The minimum Gasteiger partial charge on any atom is -0.347 e. The van der Waals surface area contributed by atoms with Gasteiger partial charge in [-0.15, -0.1) is 0 Å². The van der Waals surface area contributed by atoms with Gasteiger partial charge in [-0.3, -0.25) is 4.79 Å². The van der Waals surface area contributed by atoms with Crippen molar-refractivity contribution < 1.29 is 13.2 Å². The Morgan fingerprint density at radius 3 is 2.48 bits per heavy atom. The standard InChI is InChI=1S/C14H19BrN2O3S/c1-14(7-3-2-4-8-14)17-13(18)10-5-6-11(15)12(9-10)21(16,19)20/h5-6,9H,2-4,7-8H2,1H3,(H,17,18)(H2,16,19,20). The molecule has 0 heterocycles. The molecule has 116 valence electrons. The van der Waals surface area contributed by atoms with E-state index >= 15 is 0 Å². The van der Waals surface area contributed by atoms with Gasteiger partial charge in [0.25, 0.3) is 5.91 Å². The van der Waals surface area contributed by atoms with E-state index in [4.69, 9.17) is 5.14 Å². The molecule has 0 bridgehead atoms. The van der Waals surface area contributed by atoms with Crippen molar-refractivity contribution in [3.63, 3.8) is 0 Å². The van der Waals surface area contributed by atoms with E-state index in [1.54, 1.807) is 6.07 Å². The molecule has 0 atom stereocenters. The second-order valence-electron chi connectivity index (χ2n) is 5.77. The van der Waals surface area contributed by atoms with Crippen LogP contribution in [0.4, 0.5) is 0 Å². The van der Waals surface area contributed by atoms with E-state index in [1.165, 1.54) is 18.6 Å². The fourth-order valence-corrected chi connectivity index (χ4v) is 4.22. The van der Waals surface area contributed by atoms with Crippen LogP contribution in [0.1, 0.15) is 49.4 Å². The Morgan fingerprint density at radius 1 is 1.29 bits per heavy atom. The highest BCUT2D eigenvalue weighted by molar-refractivity contribution is 9.10. The third-order valence-electron chi connectivity index (χ3n) is 3.87. The number of hydrogen-bond donors (Lipinski definition) is 2. The molecule has 2 rings (SSSR count). The minimum absolute atomic E-state index is 0.0797. The molecule has 1 aromatic rings. The smallest absolute Gasteiger partial charge is 0.251 e. The zero-order chi connectivity index (χ0) is 15.7. The number of sulfonamides is 1. The van der Waals surface area contributed by atoms with Crippen LogP contribution in [-0.4, -0.2) is 19.9 Å². The van der Waals surface area contributed by atoms with Gasteiger partial charge in [0.05, 0.1) is 4.90 Å². The number of carbonyl (C=O) groups is 1. The largest absolute Gasteiger partial charge is 0.347 e. The first kappa shape index (κ1) is 16.5. The predicted octanol–water partition coefficient (Wildman–Crippen LogP) is 2.55. The Morgan fingerprint density at radius 2 is 1.90 bits per heavy atom. The lowest BCUT2D eigenvalue weighted by molar-refractivity contribution is 0.0882. The van der Waals surface area contributed by atoms with Crippen molar-refractivity contribution >= 4 is 31.9 Å². The van der Waals surface area contributed by atoms with Crippen molar-refractivity contribution in [1.29, 1.82) is 0 Å². The first-order chi connectivity index (χ1) is 9.71. The first-order valence-corrected chi connectivity index (χ1v) is 9.20. The summed E-state index contributed by atoms with van der Waals surface area (Å²) in [5.41, 5.74) is 0.0819. The highest BCUT2D eigenvalue weighted by atomic mass is 79.9. The molecule has 5 nitrogen and oxygen atoms in total. The van der Waals surface area contributed by atoms with E-state index in [1.807, 2.05) is 6.92 Å². The van der Waals surface area contributed by atoms with Gasteiger partial charge in [0, 0.05) is 15.6 Å². The monoisotopic (exact) mass is 374 g/mol. The second kappa shape index (κ2) is 6.06. The lowest BCUT2D eigenvalue weighted by Gasteiger charge is -2.34. The lowest BCUT2D eigenvalue weighted by atomic mass is 9.83. The van der Waals surface area contributed by atoms with Crippen LogP contribution in [0.2, 0.25) is 0 Å². The normalized spacial score (nSPS) is 18.2. The molecule has 0 aromatic heterocycles. The summed E-state index contributed by atoms with van der Waals surface area (Å²) < 4.78 is 23.3. The van der Waals surface area contributed by atoms with E-state index < -0.39 is 10.0 Å². The molecule has 0 radical (unpaired) electrons. The van der Waals surface area contributed by atoms with E-state index in [2.05, 4.69) is 21.2 Å². The van der Waals surface area contributed by atoms with Crippen LogP contribution >= 0.6 is 15.9 Å². The van der Waals surface area contributed by atoms with Gasteiger partial charge in [0.15, 0.2) is 0 Å². The molecule has 21 heavy (non-hydrogen) atoms. The van der Waals surface area contributed by atoms with Gasteiger partial charge in [0.2, 0.25) is 10.0 Å². The molecule has 0 spiro atoms. The summed E-state index contributed by atoms with van der Waals surface area (Å²) in [5.74, 6) is -0.267. The molecular formula is C14H19BrN2O3S. The number of carbonyl (C=O) groups excluding carboxylic acids is 1. The maximum atomic E-state index is 12.3. The number of nitrogens with one attached hydrogen (secondary N) is 1. The van der Waals surface area contributed by atoms with E-state index in [9.17, 15) is 13.2 Å². The molecule has 1 fully saturated rings. The van der Waals surface area contributed by atoms with Crippen LogP contribution in [0.25, 0.3) is 0 Å². The average Bonchev–Trinajstić information content (AvgIpc) is 2.38. The molecule has 1 saturated carbocycles. The molecule has 3 N–H and O–H groups in total. The third-order valence-corrected chi connectivity index (χ3v) is 5.78. The van der Waals surface area contributed by atoms with Gasteiger partial charge < -0.3 is 5.32 Å². The van der Waals surface area contributed by atoms with Crippen LogP contribution in [-0.2, 0) is 10.0 Å². The molecule has 0 saturated heterocycles. The van der Waals surface area contributed by atoms with Gasteiger partial charge >= 0.3 is 0 Å². The van der Waals surface area contributed by atoms with Crippen molar-refractivity contribution in [3.05, 3.63) is 28.2 Å². The Bertz CT molecular complexity index is 652. The Balaban J connectivity index is 2.24. The van der Waals surface area contributed by atoms with Gasteiger partial charge in [-0.2, -0.15) is 0 Å². The maximum absolute atomic E-state index is 12.3. The van der Waals surface area contributed by atoms with Crippen molar-refractivity contribution in [1.82, 2.24) is 5.32 Å². The van der Waals surface area contributed by atoms with Crippen LogP contribution in [0.5, 0.6) is 0 Å². The van der Waals surface area contributed by atoms with Crippen LogP contribution in [0.3, 0.4) is 0 Å². The summed E-state index contributed by atoms with van der Waals surface area (Å²) in [6.45, 7) is 2.03. The van der Waals surface area contributed by atoms with Gasteiger partial charge in [-0.25, -0.2) is 13.6 Å². The van der Waals surface area contributed by atoms with Crippen molar-refractivity contribution in [2.45, 2.75) is 49.5 Å². The molecule has 1 aromatic carbocycles. The van der Waals surface area contributed by atoms with Crippen LogP contribution in [0.15, 0.2) is 27.6 Å². The molecule has 7 heteroatoms. The predicted molar refractivity (Wildman–Crippen MR) is 84.5 cm³/mol. The molecule has 1 amide bonds. The minimum atomic E-state index is -3.86. The number of primary sulfonamides is 1. The fraction of sp³-hybridized carbons (Fsp3) is 0.500. The second-order valence-corrected chi connectivity index (χ2v) is 8.15. The van der Waals surface area contributed by atoms with E-state index in [0.717, 1.165) is 25.7 Å². The van der Waals surface area contributed by atoms with E-state index in [0.29, 0.717) is 10.0 Å². The summed E-state index contributed by atoms with van der Waals surface area (Å²) in [6, 6.07) is 4.42. The summed E-state index contributed by atoms with van der Waals surface area (Å²) >= 11 is 3.13. The van der Waals surface area contributed by atoms with Crippen LogP contribution < -0.4 is 10.5 Å². The highest BCUT2D eigenvalue weighted by Gasteiger charge is 2.29. The lowest BCUT2D eigenvalue weighted by Crippen LogP contribution is -2.47. The number of benzene rings is 1. The Hall–Kier alpha value is -0.920. The van der Waals surface area contributed by atoms with Gasteiger partial charge in [0.1, 0.15) is 0 Å². The molecule has 1 aliphatic rings. The van der Waals surface area contributed by atoms with Gasteiger partial charge in [-0.05, 0) is 53.9 Å². The Labute approximate surface area is 133 Å².